The van der Waals surface area contributed by atoms with Crippen LogP contribution in [0.5, 0.6) is 0 Å². The van der Waals surface area contributed by atoms with E-state index < -0.39 is 0 Å². The Bertz CT molecular complexity index is 705. The van der Waals surface area contributed by atoms with Gasteiger partial charge >= 0.3 is 0 Å². The van der Waals surface area contributed by atoms with Crippen molar-refractivity contribution in [2.24, 2.45) is 0 Å². The van der Waals surface area contributed by atoms with E-state index in [0.717, 1.165) is 48.7 Å². The Morgan fingerprint density at radius 2 is 1.58 bits per heavy atom. The van der Waals surface area contributed by atoms with Crippen LogP contribution in [0.4, 0.5) is 11.8 Å². The normalized spacial score (nSPS) is 19.0. The molecular weight excluding hydrogens is 322 g/mol. The number of anilines is 2. The maximum absolute atomic E-state index is 4.90. The number of hydrogen-bond donors (Lipinski definition) is 1. The molecule has 2 aliphatic heterocycles. The molecule has 5 heteroatoms. The van der Waals surface area contributed by atoms with Crippen molar-refractivity contribution in [2.45, 2.75) is 44.9 Å². The molecular formula is C21H31N5. The molecule has 1 N–H and O–H groups in total. The van der Waals surface area contributed by atoms with Gasteiger partial charge < -0.3 is 15.1 Å². The van der Waals surface area contributed by atoms with E-state index >= 15 is 0 Å². The van der Waals surface area contributed by atoms with E-state index in [4.69, 9.17) is 9.97 Å². The summed E-state index contributed by atoms with van der Waals surface area (Å²) in [6, 6.07) is 8.37. The highest BCUT2D eigenvalue weighted by Gasteiger charge is 2.16. The molecule has 2 fully saturated rings. The summed E-state index contributed by atoms with van der Waals surface area (Å²) in [4.78, 5) is 14.7. The van der Waals surface area contributed by atoms with Crippen LogP contribution in [0.25, 0.3) is 10.9 Å². The van der Waals surface area contributed by atoms with Gasteiger partial charge in [0.15, 0.2) is 0 Å². The lowest BCUT2D eigenvalue weighted by molar-refractivity contribution is 0.228. The van der Waals surface area contributed by atoms with Crippen LogP contribution in [0, 0.1) is 0 Å². The molecule has 5 nitrogen and oxygen atoms in total. The second-order valence-corrected chi connectivity index (χ2v) is 7.62. The minimum atomic E-state index is 0.891. The zero-order chi connectivity index (χ0) is 17.6. The Morgan fingerprint density at radius 1 is 0.846 bits per heavy atom. The first-order valence-electron chi connectivity index (χ1n) is 10.4. The van der Waals surface area contributed by atoms with Crippen LogP contribution >= 0.6 is 0 Å². The van der Waals surface area contributed by atoms with Crippen molar-refractivity contribution in [3.63, 3.8) is 0 Å². The second-order valence-electron chi connectivity index (χ2n) is 7.62. The molecule has 3 heterocycles. The number of rotatable bonds is 6. The summed E-state index contributed by atoms with van der Waals surface area (Å²) >= 11 is 0. The van der Waals surface area contributed by atoms with Crippen LogP contribution in [-0.4, -0.2) is 54.1 Å². The van der Waals surface area contributed by atoms with Crippen molar-refractivity contribution in [1.29, 1.82) is 0 Å². The molecule has 2 aliphatic rings. The monoisotopic (exact) mass is 353 g/mol. The first kappa shape index (κ1) is 17.5. The third-order valence-electron chi connectivity index (χ3n) is 5.62. The molecule has 4 rings (SSSR count). The van der Waals surface area contributed by atoms with Gasteiger partial charge in [0.2, 0.25) is 5.95 Å². The average Bonchev–Trinajstić information content (AvgIpc) is 2.72. The van der Waals surface area contributed by atoms with Gasteiger partial charge in [-0.2, -0.15) is 4.98 Å². The fourth-order valence-corrected chi connectivity index (χ4v) is 4.13. The van der Waals surface area contributed by atoms with Crippen molar-refractivity contribution >= 4 is 22.7 Å². The molecule has 140 valence electrons. The van der Waals surface area contributed by atoms with Gasteiger partial charge in [-0.1, -0.05) is 18.6 Å². The number of para-hydroxylation sites is 1. The summed E-state index contributed by atoms with van der Waals surface area (Å²) in [7, 11) is 0. The number of nitrogens with zero attached hydrogens (tertiary/aromatic N) is 4. The van der Waals surface area contributed by atoms with Crippen LogP contribution in [0.2, 0.25) is 0 Å². The van der Waals surface area contributed by atoms with Crippen LogP contribution in [0.3, 0.4) is 0 Å². The van der Waals surface area contributed by atoms with Crippen LogP contribution in [-0.2, 0) is 0 Å². The largest absolute Gasteiger partial charge is 0.369 e. The van der Waals surface area contributed by atoms with Crippen LogP contribution < -0.4 is 10.2 Å². The third-order valence-corrected chi connectivity index (χ3v) is 5.62. The van der Waals surface area contributed by atoms with Crippen molar-refractivity contribution < 1.29 is 0 Å². The fourth-order valence-electron chi connectivity index (χ4n) is 4.13. The number of benzene rings is 1. The SMILES string of the molecule is c1ccc2c(NCCCN3CCCCC3)nc(N3CCCCC3)nc2c1. The molecule has 1 aromatic carbocycles. The summed E-state index contributed by atoms with van der Waals surface area (Å²) in [5, 5.41) is 4.73. The van der Waals surface area contributed by atoms with Gasteiger partial charge in [-0.3, -0.25) is 0 Å². The maximum atomic E-state index is 4.90. The number of piperidine rings is 2. The van der Waals surface area contributed by atoms with E-state index in [1.807, 2.05) is 0 Å². The smallest absolute Gasteiger partial charge is 0.227 e. The predicted octanol–water partition coefficient (Wildman–Crippen LogP) is 3.91. The Morgan fingerprint density at radius 3 is 2.38 bits per heavy atom. The highest BCUT2D eigenvalue weighted by Crippen LogP contribution is 2.25. The van der Waals surface area contributed by atoms with E-state index in [1.165, 1.54) is 58.2 Å². The molecule has 0 spiro atoms. The first-order chi connectivity index (χ1) is 12.9. The van der Waals surface area contributed by atoms with Gasteiger partial charge in [0.1, 0.15) is 5.82 Å². The highest BCUT2D eigenvalue weighted by atomic mass is 15.3. The van der Waals surface area contributed by atoms with Crippen LogP contribution in [0.1, 0.15) is 44.9 Å². The zero-order valence-corrected chi connectivity index (χ0v) is 15.8. The molecule has 0 atom stereocenters. The Balaban J connectivity index is 1.44. The van der Waals surface area contributed by atoms with Crippen molar-refractivity contribution in [3.8, 4) is 0 Å². The lowest BCUT2D eigenvalue weighted by Gasteiger charge is -2.27. The molecule has 2 aromatic rings. The van der Waals surface area contributed by atoms with Crippen molar-refractivity contribution in [1.82, 2.24) is 14.9 Å². The Labute approximate surface area is 156 Å². The molecule has 0 unspecified atom stereocenters. The summed E-state index contributed by atoms with van der Waals surface area (Å²) in [5.74, 6) is 1.89. The molecule has 2 saturated heterocycles. The fraction of sp³-hybridized carbons (Fsp3) is 0.619. The van der Waals surface area contributed by atoms with Gasteiger partial charge in [0.25, 0.3) is 0 Å². The van der Waals surface area contributed by atoms with Crippen molar-refractivity contribution in [2.75, 3.05) is 49.5 Å². The molecule has 0 saturated carbocycles. The van der Waals surface area contributed by atoms with Gasteiger partial charge in [-0.25, -0.2) is 4.98 Å². The third kappa shape index (κ3) is 4.26. The van der Waals surface area contributed by atoms with Gasteiger partial charge in [0, 0.05) is 25.0 Å². The number of aromatic nitrogens is 2. The summed E-state index contributed by atoms with van der Waals surface area (Å²) in [5.41, 5.74) is 1.04. The number of hydrogen-bond acceptors (Lipinski definition) is 5. The lowest BCUT2D eigenvalue weighted by atomic mass is 10.1. The molecule has 0 bridgehead atoms. The average molecular weight is 354 g/mol. The molecule has 0 radical (unpaired) electrons. The van der Waals surface area contributed by atoms with E-state index in [0.29, 0.717) is 0 Å². The zero-order valence-electron chi connectivity index (χ0n) is 15.8. The maximum Gasteiger partial charge on any atom is 0.227 e. The molecule has 0 aliphatic carbocycles. The molecule has 26 heavy (non-hydrogen) atoms. The topological polar surface area (TPSA) is 44.3 Å². The van der Waals surface area contributed by atoms with E-state index in [1.54, 1.807) is 0 Å². The first-order valence-corrected chi connectivity index (χ1v) is 10.4. The quantitative estimate of drug-likeness (QED) is 0.798. The number of likely N-dealkylation sites (tertiary alicyclic amines) is 1. The van der Waals surface area contributed by atoms with Gasteiger partial charge in [-0.05, 0) is 70.3 Å². The summed E-state index contributed by atoms with van der Waals surface area (Å²) < 4.78 is 0. The minimum absolute atomic E-state index is 0.891. The van der Waals surface area contributed by atoms with E-state index in [-0.39, 0.29) is 0 Å². The number of nitrogens with one attached hydrogen (secondary N) is 1. The van der Waals surface area contributed by atoms with Gasteiger partial charge in [-0.15, -0.1) is 0 Å². The highest BCUT2D eigenvalue weighted by molar-refractivity contribution is 5.90. The summed E-state index contributed by atoms with van der Waals surface area (Å²) in [6.07, 6.45) is 9.11. The Kier molecular flexibility index (Phi) is 5.85. The van der Waals surface area contributed by atoms with E-state index in [9.17, 15) is 0 Å². The van der Waals surface area contributed by atoms with Crippen LogP contribution in [0.15, 0.2) is 24.3 Å². The predicted molar refractivity (Wildman–Crippen MR) is 109 cm³/mol. The standard InChI is InChI=1S/C21H31N5/c1-5-13-25(14-6-1)15-9-12-22-20-18-10-3-4-11-19(18)23-21(24-20)26-16-7-2-8-17-26/h3-4,10-11H,1-2,5-9,12-17H2,(H,22,23,24). The second kappa shape index (κ2) is 8.67. The number of fused-ring (bicyclic) bond motifs is 1. The van der Waals surface area contributed by atoms with E-state index in [2.05, 4.69) is 39.4 Å². The molecule has 0 amide bonds. The Hall–Kier alpha value is -1.88. The van der Waals surface area contributed by atoms with Crippen molar-refractivity contribution in [3.05, 3.63) is 24.3 Å². The van der Waals surface area contributed by atoms with Gasteiger partial charge in [0.05, 0.1) is 5.52 Å². The lowest BCUT2D eigenvalue weighted by Crippen LogP contribution is -2.32. The summed E-state index contributed by atoms with van der Waals surface area (Å²) in [6.45, 7) is 6.86. The molecule has 1 aromatic heterocycles. The minimum Gasteiger partial charge on any atom is -0.369 e.